The summed E-state index contributed by atoms with van der Waals surface area (Å²) in [6.45, 7) is 0.462. The average Bonchev–Trinajstić information content (AvgIpc) is 2.35. The first-order valence-corrected chi connectivity index (χ1v) is 6.36. The van der Waals surface area contributed by atoms with Crippen molar-refractivity contribution in [2.45, 2.75) is 6.54 Å². The summed E-state index contributed by atoms with van der Waals surface area (Å²) >= 11 is 11.7. The molecule has 2 nitrogen and oxygen atoms in total. The highest BCUT2D eigenvalue weighted by molar-refractivity contribution is 6.31. The van der Waals surface area contributed by atoms with E-state index in [0.717, 1.165) is 11.3 Å². The molecule has 19 heavy (non-hydrogen) atoms. The third kappa shape index (κ3) is 3.75. The quantitative estimate of drug-likeness (QED) is 0.879. The number of benzene rings is 2. The zero-order valence-corrected chi connectivity index (χ0v) is 11.7. The van der Waals surface area contributed by atoms with E-state index < -0.39 is 0 Å². The van der Waals surface area contributed by atoms with Crippen LogP contribution in [0.1, 0.15) is 5.56 Å². The maximum Gasteiger partial charge on any atom is 0.126 e. The molecule has 0 atom stereocenters. The molecule has 0 aliphatic carbocycles. The molecule has 1 N–H and O–H groups in total. The van der Waals surface area contributed by atoms with Gasteiger partial charge in [-0.05, 0) is 36.4 Å². The fourth-order valence-corrected chi connectivity index (χ4v) is 2.15. The molecule has 2 rings (SSSR count). The number of ether oxygens (including phenoxy) is 1. The minimum Gasteiger partial charge on any atom is -0.496 e. The second-order valence-electron chi connectivity index (χ2n) is 3.97. The maximum atomic E-state index is 13.2. The lowest BCUT2D eigenvalue weighted by Gasteiger charge is -2.11. The summed E-state index contributed by atoms with van der Waals surface area (Å²) < 4.78 is 18.4. The van der Waals surface area contributed by atoms with Gasteiger partial charge in [0, 0.05) is 27.8 Å². The Morgan fingerprint density at radius 1 is 1.11 bits per heavy atom. The Morgan fingerprint density at radius 2 is 1.89 bits per heavy atom. The van der Waals surface area contributed by atoms with Crippen LogP contribution in [0.4, 0.5) is 10.1 Å². The highest BCUT2D eigenvalue weighted by Crippen LogP contribution is 2.24. The van der Waals surface area contributed by atoms with Crippen LogP contribution >= 0.6 is 23.2 Å². The molecular weight excluding hydrogens is 288 g/mol. The molecule has 5 heteroatoms. The molecule has 0 saturated carbocycles. The van der Waals surface area contributed by atoms with Gasteiger partial charge in [0.05, 0.1) is 7.11 Å². The first-order chi connectivity index (χ1) is 9.08. The molecule has 0 heterocycles. The van der Waals surface area contributed by atoms with Crippen molar-refractivity contribution < 1.29 is 9.13 Å². The number of methoxy groups -OCH3 is 1. The van der Waals surface area contributed by atoms with Crippen LogP contribution in [0.25, 0.3) is 0 Å². The largest absolute Gasteiger partial charge is 0.496 e. The molecule has 0 fully saturated rings. The number of nitrogens with one attached hydrogen (secondary N) is 1. The van der Waals surface area contributed by atoms with Crippen molar-refractivity contribution in [3.63, 3.8) is 0 Å². The molecule has 2 aromatic carbocycles. The predicted octanol–water partition coefficient (Wildman–Crippen LogP) is 4.75. The van der Waals surface area contributed by atoms with Crippen molar-refractivity contribution in [3.8, 4) is 5.75 Å². The molecule has 0 aliphatic rings. The van der Waals surface area contributed by atoms with E-state index in [4.69, 9.17) is 27.9 Å². The van der Waals surface area contributed by atoms with Gasteiger partial charge in [-0.25, -0.2) is 4.39 Å². The minimum absolute atomic E-state index is 0.348. The Kier molecular flexibility index (Phi) is 4.51. The van der Waals surface area contributed by atoms with E-state index in [2.05, 4.69) is 5.32 Å². The number of rotatable bonds is 4. The molecule has 0 aromatic heterocycles. The third-order valence-electron chi connectivity index (χ3n) is 2.59. The Hall–Kier alpha value is -1.45. The monoisotopic (exact) mass is 299 g/mol. The van der Waals surface area contributed by atoms with Crippen LogP contribution in [-0.4, -0.2) is 7.11 Å². The first-order valence-electron chi connectivity index (χ1n) is 5.61. The summed E-state index contributed by atoms with van der Waals surface area (Å²) in [5, 5.41) is 4.05. The Morgan fingerprint density at radius 3 is 2.58 bits per heavy atom. The van der Waals surface area contributed by atoms with E-state index in [0.29, 0.717) is 22.3 Å². The van der Waals surface area contributed by atoms with Crippen LogP contribution in [0.5, 0.6) is 5.75 Å². The molecule has 0 saturated heterocycles. The van der Waals surface area contributed by atoms with Crippen LogP contribution in [-0.2, 0) is 6.54 Å². The molecule has 0 unspecified atom stereocenters. The van der Waals surface area contributed by atoms with Crippen LogP contribution in [0, 0.1) is 5.82 Å². The summed E-state index contributed by atoms with van der Waals surface area (Å²) in [4.78, 5) is 0. The van der Waals surface area contributed by atoms with Crippen LogP contribution in [0.15, 0.2) is 36.4 Å². The van der Waals surface area contributed by atoms with Crippen LogP contribution < -0.4 is 10.1 Å². The van der Waals surface area contributed by atoms with Crippen molar-refractivity contribution in [2.24, 2.45) is 0 Å². The lowest BCUT2D eigenvalue weighted by molar-refractivity contribution is 0.410. The molecule has 100 valence electrons. The van der Waals surface area contributed by atoms with Crippen LogP contribution in [0.3, 0.4) is 0 Å². The number of halogens is 3. The molecule has 2 aromatic rings. The molecule has 0 aliphatic heterocycles. The fourth-order valence-electron chi connectivity index (χ4n) is 1.74. The van der Waals surface area contributed by atoms with Gasteiger partial charge < -0.3 is 10.1 Å². The average molecular weight is 300 g/mol. The van der Waals surface area contributed by atoms with E-state index in [9.17, 15) is 4.39 Å². The smallest absolute Gasteiger partial charge is 0.126 e. The normalized spacial score (nSPS) is 10.3. The van der Waals surface area contributed by atoms with Crippen molar-refractivity contribution >= 4 is 28.9 Å². The van der Waals surface area contributed by atoms with E-state index in [-0.39, 0.29) is 5.82 Å². The predicted molar refractivity (Wildman–Crippen MR) is 76.7 cm³/mol. The van der Waals surface area contributed by atoms with E-state index in [1.54, 1.807) is 31.4 Å². The Labute approximate surface area is 121 Å². The molecule has 0 bridgehead atoms. The lowest BCUT2D eigenvalue weighted by atomic mass is 10.2. The van der Waals surface area contributed by atoms with Crippen molar-refractivity contribution in [1.82, 2.24) is 0 Å². The molecule has 0 radical (unpaired) electrons. The summed E-state index contributed by atoms with van der Waals surface area (Å²) in [6, 6.07) is 9.63. The standard InChI is InChI=1S/C14H12Cl2FNO/c1-19-14-3-2-10(15)4-9(14)8-18-13-6-11(16)5-12(17)7-13/h2-7,18H,8H2,1H3. The zero-order chi connectivity index (χ0) is 13.8. The van der Waals surface area contributed by atoms with Crippen molar-refractivity contribution in [2.75, 3.05) is 12.4 Å². The second-order valence-corrected chi connectivity index (χ2v) is 4.84. The summed E-state index contributed by atoms with van der Waals surface area (Å²) in [5.41, 5.74) is 1.49. The summed E-state index contributed by atoms with van der Waals surface area (Å²) in [5.74, 6) is 0.340. The fraction of sp³-hybridized carbons (Fsp3) is 0.143. The van der Waals surface area contributed by atoms with Gasteiger partial charge >= 0.3 is 0 Å². The SMILES string of the molecule is COc1ccc(Cl)cc1CNc1cc(F)cc(Cl)c1. The lowest BCUT2D eigenvalue weighted by Crippen LogP contribution is -2.02. The van der Waals surface area contributed by atoms with Gasteiger partial charge in [-0.1, -0.05) is 23.2 Å². The van der Waals surface area contributed by atoms with Gasteiger partial charge in [0.25, 0.3) is 0 Å². The van der Waals surface area contributed by atoms with Gasteiger partial charge in [-0.15, -0.1) is 0 Å². The van der Waals surface area contributed by atoms with Gasteiger partial charge in [0.1, 0.15) is 11.6 Å². The number of hydrogen-bond acceptors (Lipinski definition) is 2. The van der Waals surface area contributed by atoms with E-state index in [1.165, 1.54) is 12.1 Å². The zero-order valence-electron chi connectivity index (χ0n) is 10.2. The van der Waals surface area contributed by atoms with Crippen LogP contribution in [0.2, 0.25) is 10.0 Å². The summed E-state index contributed by atoms with van der Waals surface area (Å²) in [6.07, 6.45) is 0. The second kappa shape index (κ2) is 6.13. The van der Waals surface area contributed by atoms with Gasteiger partial charge in [0.2, 0.25) is 0 Å². The van der Waals surface area contributed by atoms with E-state index in [1.807, 2.05) is 0 Å². The Bertz CT molecular complexity index is 569. The minimum atomic E-state index is -0.381. The number of anilines is 1. The molecule has 0 spiro atoms. The summed E-state index contributed by atoms with van der Waals surface area (Å²) in [7, 11) is 1.59. The third-order valence-corrected chi connectivity index (χ3v) is 3.04. The van der Waals surface area contributed by atoms with E-state index >= 15 is 0 Å². The highest BCUT2D eigenvalue weighted by Gasteiger charge is 2.05. The van der Waals surface area contributed by atoms with Gasteiger partial charge in [-0.2, -0.15) is 0 Å². The van der Waals surface area contributed by atoms with Gasteiger partial charge in [-0.3, -0.25) is 0 Å². The van der Waals surface area contributed by atoms with Gasteiger partial charge in [0.15, 0.2) is 0 Å². The van der Waals surface area contributed by atoms with Crippen molar-refractivity contribution in [3.05, 3.63) is 57.8 Å². The molecular formula is C14H12Cl2FNO. The highest BCUT2D eigenvalue weighted by atomic mass is 35.5. The first kappa shape index (κ1) is 14.0. The maximum absolute atomic E-state index is 13.2. The molecule has 0 amide bonds. The van der Waals surface area contributed by atoms with Crippen molar-refractivity contribution in [1.29, 1.82) is 0 Å². The Balaban J connectivity index is 2.16. The topological polar surface area (TPSA) is 21.3 Å². The number of hydrogen-bond donors (Lipinski definition) is 1.